The van der Waals surface area contributed by atoms with Gasteiger partial charge in [0.15, 0.2) is 11.5 Å². The van der Waals surface area contributed by atoms with Crippen molar-refractivity contribution in [2.24, 2.45) is 0 Å². The number of hydrogen-bond acceptors (Lipinski definition) is 3. The molecule has 31 heavy (non-hydrogen) atoms. The SMILES string of the molecule is COc1cc(CNc2cccc3ccccc23)cc(Br)c1OCc1ccc(F)cc1Cl. The second-order valence-corrected chi connectivity index (χ2v) is 8.28. The fourth-order valence-electron chi connectivity index (χ4n) is 3.38. The summed E-state index contributed by atoms with van der Waals surface area (Å²) < 4.78 is 25.5. The summed E-state index contributed by atoms with van der Waals surface area (Å²) in [6.45, 7) is 0.814. The number of hydrogen-bond donors (Lipinski definition) is 1. The summed E-state index contributed by atoms with van der Waals surface area (Å²) in [5, 5.41) is 6.19. The molecule has 0 fully saturated rings. The summed E-state index contributed by atoms with van der Waals surface area (Å²) in [6.07, 6.45) is 0. The normalized spacial score (nSPS) is 10.8. The molecule has 0 saturated heterocycles. The first kappa shape index (κ1) is 21.5. The molecule has 0 amide bonds. The van der Waals surface area contributed by atoms with E-state index in [0.717, 1.165) is 15.7 Å². The summed E-state index contributed by atoms with van der Waals surface area (Å²) in [6, 6.07) is 22.6. The van der Waals surface area contributed by atoms with Gasteiger partial charge in [0.25, 0.3) is 0 Å². The Kier molecular flexibility index (Phi) is 6.64. The van der Waals surface area contributed by atoms with Crippen LogP contribution in [0.1, 0.15) is 11.1 Å². The van der Waals surface area contributed by atoms with Crippen LogP contribution < -0.4 is 14.8 Å². The number of halogens is 3. The van der Waals surface area contributed by atoms with Gasteiger partial charge in [-0.1, -0.05) is 54.1 Å². The summed E-state index contributed by atoms with van der Waals surface area (Å²) in [5.74, 6) is 0.787. The average molecular weight is 501 g/mol. The summed E-state index contributed by atoms with van der Waals surface area (Å²) in [4.78, 5) is 0. The van der Waals surface area contributed by atoms with E-state index in [2.05, 4.69) is 45.5 Å². The van der Waals surface area contributed by atoms with Gasteiger partial charge in [0.2, 0.25) is 0 Å². The first-order chi connectivity index (χ1) is 15.0. The lowest BCUT2D eigenvalue weighted by Gasteiger charge is -2.16. The predicted octanol–water partition coefficient (Wildman–Crippen LogP) is 7.59. The van der Waals surface area contributed by atoms with Crippen molar-refractivity contribution in [3.63, 3.8) is 0 Å². The van der Waals surface area contributed by atoms with Crippen LogP contribution in [0.2, 0.25) is 5.02 Å². The zero-order valence-corrected chi connectivity index (χ0v) is 19.1. The van der Waals surface area contributed by atoms with Gasteiger partial charge >= 0.3 is 0 Å². The van der Waals surface area contributed by atoms with Crippen molar-refractivity contribution in [2.45, 2.75) is 13.2 Å². The van der Waals surface area contributed by atoms with Crippen LogP contribution in [0.4, 0.5) is 10.1 Å². The molecule has 1 N–H and O–H groups in total. The maximum absolute atomic E-state index is 13.3. The van der Waals surface area contributed by atoms with Gasteiger partial charge in [-0.25, -0.2) is 4.39 Å². The monoisotopic (exact) mass is 499 g/mol. The zero-order valence-electron chi connectivity index (χ0n) is 16.8. The van der Waals surface area contributed by atoms with Gasteiger partial charge in [0.05, 0.1) is 16.6 Å². The van der Waals surface area contributed by atoms with Crippen molar-refractivity contribution in [2.75, 3.05) is 12.4 Å². The fourth-order valence-corrected chi connectivity index (χ4v) is 4.21. The number of rotatable bonds is 7. The minimum atomic E-state index is -0.379. The van der Waals surface area contributed by atoms with Gasteiger partial charge in [-0.3, -0.25) is 0 Å². The highest BCUT2D eigenvalue weighted by atomic mass is 79.9. The average Bonchev–Trinajstić information content (AvgIpc) is 2.77. The number of ether oxygens (including phenoxy) is 2. The highest BCUT2D eigenvalue weighted by molar-refractivity contribution is 9.10. The van der Waals surface area contributed by atoms with Gasteiger partial charge < -0.3 is 14.8 Å². The molecule has 0 unspecified atom stereocenters. The van der Waals surface area contributed by atoms with E-state index in [-0.39, 0.29) is 12.4 Å². The van der Waals surface area contributed by atoms with Crippen LogP contribution in [0.5, 0.6) is 11.5 Å². The molecule has 0 saturated carbocycles. The summed E-state index contributed by atoms with van der Waals surface area (Å²) in [5.41, 5.74) is 2.79. The molecule has 0 aliphatic rings. The van der Waals surface area contributed by atoms with E-state index in [1.165, 1.54) is 22.9 Å². The Balaban J connectivity index is 1.52. The minimum absolute atomic E-state index is 0.196. The molecule has 4 aromatic rings. The topological polar surface area (TPSA) is 30.5 Å². The molecule has 0 heterocycles. The van der Waals surface area contributed by atoms with Crippen molar-refractivity contribution >= 4 is 44.0 Å². The van der Waals surface area contributed by atoms with Crippen LogP contribution in [-0.2, 0) is 13.2 Å². The largest absolute Gasteiger partial charge is 0.493 e. The molecule has 0 aromatic heterocycles. The van der Waals surface area contributed by atoms with Crippen LogP contribution in [0, 0.1) is 5.82 Å². The standard InChI is InChI=1S/C25H20BrClFNO2/c1-30-24-12-16(14-29-23-8-4-6-17-5-2-3-7-20(17)23)11-21(26)25(24)31-15-18-9-10-19(28)13-22(18)27/h2-13,29H,14-15H2,1H3. The first-order valence-electron chi connectivity index (χ1n) is 9.70. The zero-order chi connectivity index (χ0) is 21.8. The highest BCUT2D eigenvalue weighted by Gasteiger charge is 2.13. The number of anilines is 1. The van der Waals surface area contributed by atoms with Gasteiger partial charge in [0.1, 0.15) is 12.4 Å². The van der Waals surface area contributed by atoms with E-state index in [0.29, 0.717) is 28.6 Å². The molecular weight excluding hydrogens is 481 g/mol. The maximum atomic E-state index is 13.3. The summed E-state index contributed by atoms with van der Waals surface area (Å²) >= 11 is 9.69. The molecule has 0 atom stereocenters. The lowest BCUT2D eigenvalue weighted by Crippen LogP contribution is -2.03. The third kappa shape index (κ3) is 4.94. The summed E-state index contributed by atoms with van der Waals surface area (Å²) in [7, 11) is 1.60. The molecule has 4 aromatic carbocycles. The lowest BCUT2D eigenvalue weighted by atomic mass is 10.1. The quantitative estimate of drug-likeness (QED) is 0.283. The van der Waals surface area contributed by atoms with E-state index in [4.69, 9.17) is 21.1 Å². The van der Waals surface area contributed by atoms with Crippen LogP contribution in [0.3, 0.4) is 0 Å². The second kappa shape index (κ2) is 9.58. The van der Waals surface area contributed by atoms with Crippen LogP contribution in [-0.4, -0.2) is 7.11 Å². The molecule has 0 aliphatic carbocycles. The van der Waals surface area contributed by atoms with Gasteiger partial charge in [-0.05, 0) is 57.2 Å². The highest BCUT2D eigenvalue weighted by Crippen LogP contribution is 2.38. The van der Waals surface area contributed by atoms with Crippen molar-refractivity contribution in [3.8, 4) is 11.5 Å². The Morgan fingerprint density at radius 2 is 1.81 bits per heavy atom. The maximum Gasteiger partial charge on any atom is 0.175 e. The number of nitrogens with one attached hydrogen (secondary N) is 1. The fraction of sp³-hybridized carbons (Fsp3) is 0.120. The Morgan fingerprint density at radius 1 is 1.00 bits per heavy atom. The lowest BCUT2D eigenvalue weighted by molar-refractivity contribution is 0.282. The third-order valence-corrected chi connectivity index (χ3v) is 5.89. The van der Waals surface area contributed by atoms with Crippen LogP contribution in [0.25, 0.3) is 10.8 Å². The Bertz CT molecular complexity index is 1230. The second-order valence-electron chi connectivity index (χ2n) is 7.01. The molecule has 6 heteroatoms. The van der Waals surface area contributed by atoms with E-state index >= 15 is 0 Å². The van der Waals surface area contributed by atoms with Crippen molar-refractivity contribution in [3.05, 3.63) is 99.2 Å². The van der Waals surface area contributed by atoms with E-state index in [1.807, 2.05) is 30.3 Å². The minimum Gasteiger partial charge on any atom is -0.493 e. The van der Waals surface area contributed by atoms with Gasteiger partial charge in [-0.15, -0.1) is 0 Å². The van der Waals surface area contributed by atoms with Crippen molar-refractivity contribution < 1.29 is 13.9 Å². The van der Waals surface area contributed by atoms with E-state index < -0.39 is 0 Å². The molecule has 0 spiro atoms. The number of methoxy groups -OCH3 is 1. The Labute approximate surface area is 193 Å². The molecule has 0 aliphatic heterocycles. The first-order valence-corrected chi connectivity index (χ1v) is 10.9. The van der Waals surface area contributed by atoms with Gasteiger partial charge in [0, 0.05) is 23.2 Å². The number of benzene rings is 4. The van der Waals surface area contributed by atoms with Crippen LogP contribution in [0.15, 0.2) is 77.3 Å². The third-order valence-electron chi connectivity index (χ3n) is 4.95. The molecule has 4 rings (SSSR count). The van der Waals surface area contributed by atoms with Crippen molar-refractivity contribution in [1.82, 2.24) is 0 Å². The smallest absolute Gasteiger partial charge is 0.175 e. The molecule has 0 bridgehead atoms. The van der Waals surface area contributed by atoms with E-state index in [9.17, 15) is 4.39 Å². The van der Waals surface area contributed by atoms with Gasteiger partial charge in [-0.2, -0.15) is 0 Å². The molecular formula is C25H20BrClFNO2. The Hall–Kier alpha value is -2.76. The Morgan fingerprint density at radius 3 is 2.61 bits per heavy atom. The molecule has 3 nitrogen and oxygen atoms in total. The van der Waals surface area contributed by atoms with E-state index in [1.54, 1.807) is 13.2 Å². The predicted molar refractivity (Wildman–Crippen MR) is 128 cm³/mol. The van der Waals surface area contributed by atoms with Crippen molar-refractivity contribution in [1.29, 1.82) is 0 Å². The number of fused-ring (bicyclic) bond motifs is 1. The van der Waals surface area contributed by atoms with Crippen LogP contribution >= 0.6 is 27.5 Å². The molecule has 0 radical (unpaired) electrons. The molecule has 158 valence electrons.